The van der Waals surface area contributed by atoms with Crippen molar-refractivity contribution in [1.29, 1.82) is 0 Å². The maximum absolute atomic E-state index is 13.4. The van der Waals surface area contributed by atoms with Crippen LogP contribution in [0.4, 0.5) is 14.9 Å². The Hall–Kier alpha value is -4.40. The summed E-state index contributed by atoms with van der Waals surface area (Å²) in [5.74, 6) is -0.364. The van der Waals surface area contributed by atoms with Crippen LogP contribution in [0.2, 0.25) is 0 Å². The van der Waals surface area contributed by atoms with Gasteiger partial charge in [-0.2, -0.15) is 0 Å². The molecule has 0 aromatic heterocycles. The van der Waals surface area contributed by atoms with Crippen LogP contribution in [0.5, 0.6) is 5.75 Å². The lowest BCUT2D eigenvalue weighted by atomic mass is 10.00. The van der Waals surface area contributed by atoms with Gasteiger partial charge in [0.1, 0.15) is 11.6 Å². The van der Waals surface area contributed by atoms with E-state index in [2.05, 4.69) is 10.6 Å². The van der Waals surface area contributed by atoms with Gasteiger partial charge in [0, 0.05) is 17.3 Å². The van der Waals surface area contributed by atoms with Crippen molar-refractivity contribution in [2.45, 2.75) is 45.0 Å². The molecule has 1 aliphatic rings. The van der Waals surface area contributed by atoms with Crippen LogP contribution >= 0.6 is 0 Å². The summed E-state index contributed by atoms with van der Waals surface area (Å²) in [6.07, 6.45) is -0.780. The van der Waals surface area contributed by atoms with E-state index in [1.165, 1.54) is 17.0 Å². The number of carbonyl (C=O) groups is 3. The molecule has 0 bridgehead atoms. The summed E-state index contributed by atoms with van der Waals surface area (Å²) < 4.78 is 24.2. The lowest BCUT2D eigenvalue weighted by Crippen LogP contribution is -2.48. The third-order valence-electron chi connectivity index (χ3n) is 6.47. The second-order valence-electron chi connectivity index (χ2n) is 9.13. The summed E-state index contributed by atoms with van der Waals surface area (Å²) in [5.41, 5.74) is 2.29. The third kappa shape index (κ3) is 6.11. The van der Waals surface area contributed by atoms with Gasteiger partial charge in [-0.15, -0.1) is 0 Å². The van der Waals surface area contributed by atoms with E-state index in [0.717, 1.165) is 6.42 Å². The van der Waals surface area contributed by atoms with Crippen LogP contribution in [-0.4, -0.2) is 42.0 Å². The standard InChI is InChI=1S/C29H30FN3O5/c1-4-18(2)31-28(35)25-26(38-29(36)33(25)17-19-5-11-22(30)12-6-19)20-7-13-23(14-8-20)32-27(34)21-9-15-24(37-3)16-10-21/h5-16,18,25-26H,4,17H2,1-3H3,(H,31,35)(H,32,34)/t18-,25-,26+/m0/s1. The minimum absolute atomic E-state index is 0.0875. The molecule has 0 radical (unpaired) electrons. The maximum Gasteiger partial charge on any atom is 0.411 e. The molecular formula is C29H30FN3O5. The highest BCUT2D eigenvalue weighted by Gasteiger charge is 2.47. The van der Waals surface area contributed by atoms with Gasteiger partial charge in [-0.25, -0.2) is 9.18 Å². The number of anilines is 1. The van der Waals surface area contributed by atoms with Crippen LogP contribution in [0.1, 0.15) is 47.9 Å². The lowest BCUT2D eigenvalue weighted by molar-refractivity contribution is -0.127. The molecule has 3 aromatic rings. The fourth-order valence-corrected chi connectivity index (χ4v) is 4.13. The number of ether oxygens (including phenoxy) is 2. The second-order valence-corrected chi connectivity index (χ2v) is 9.13. The molecule has 1 fully saturated rings. The average Bonchev–Trinajstić information content (AvgIpc) is 3.25. The predicted molar refractivity (Wildman–Crippen MR) is 140 cm³/mol. The summed E-state index contributed by atoms with van der Waals surface area (Å²) in [5, 5.41) is 5.77. The Morgan fingerprint density at radius 3 is 2.29 bits per heavy atom. The van der Waals surface area contributed by atoms with E-state index in [9.17, 15) is 18.8 Å². The molecule has 8 nitrogen and oxygen atoms in total. The number of carbonyl (C=O) groups excluding carboxylic acids is 3. The van der Waals surface area contributed by atoms with Crippen molar-refractivity contribution >= 4 is 23.6 Å². The summed E-state index contributed by atoms with van der Waals surface area (Å²) in [6.45, 7) is 3.92. The number of benzene rings is 3. The van der Waals surface area contributed by atoms with Gasteiger partial charge in [0.25, 0.3) is 5.91 Å². The number of amides is 3. The van der Waals surface area contributed by atoms with Gasteiger partial charge < -0.3 is 20.1 Å². The molecule has 0 aliphatic carbocycles. The first-order valence-electron chi connectivity index (χ1n) is 12.4. The first-order valence-corrected chi connectivity index (χ1v) is 12.4. The SMILES string of the molecule is CC[C@H](C)NC(=O)[C@@H]1[C@@H](c2ccc(NC(=O)c3ccc(OC)cc3)cc2)OC(=O)N1Cc1ccc(F)cc1. The fraction of sp³-hybridized carbons (Fsp3) is 0.276. The Bertz CT molecular complexity index is 1280. The van der Waals surface area contributed by atoms with E-state index in [1.807, 2.05) is 13.8 Å². The molecular weight excluding hydrogens is 489 g/mol. The van der Waals surface area contributed by atoms with Crippen molar-refractivity contribution in [3.05, 3.63) is 95.3 Å². The highest BCUT2D eigenvalue weighted by Crippen LogP contribution is 2.34. The Kier molecular flexibility index (Phi) is 8.25. The van der Waals surface area contributed by atoms with Gasteiger partial charge in [0.05, 0.1) is 13.7 Å². The smallest absolute Gasteiger partial charge is 0.411 e. The van der Waals surface area contributed by atoms with Crippen molar-refractivity contribution in [2.24, 2.45) is 0 Å². The zero-order chi connectivity index (χ0) is 27.2. The van der Waals surface area contributed by atoms with Gasteiger partial charge >= 0.3 is 6.09 Å². The van der Waals surface area contributed by atoms with Crippen molar-refractivity contribution in [2.75, 3.05) is 12.4 Å². The lowest BCUT2D eigenvalue weighted by Gasteiger charge is -2.25. The average molecular weight is 520 g/mol. The first-order chi connectivity index (χ1) is 18.3. The van der Waals surface area contributed by atoms with E-state index in [1.54, 1.807) is 67.8 Å². The number of rotatable bonds is 9. The molecule has 3 amide bonds. The molecule has 1 heterocycles. The van der Waals surface area contributed by atoms with Gasteiger partial charge in [0.2, 0.25) is 5.91 Å². The van der Waals surface area contributed by atoms with E-state index >= 15 is 0 Å². The minimum atomic E-state index is -0.929. The summed E-state index contributed by atoms with van der Waals surface area (Å²) in [6, 6.07) is 18.3. The van der Waals surface area contributed by atoms with E-state index < -0.39 is 18.2 Å². The molecule has 2 N–H and O–H groups in total. The maximum atomic E-state index is 13.4. The molecule has 38 heavy (non-hydrogen) atoms. The number of methoxy groups -OCH3 is 1. The monoisotopic (exact) mass is 519 g/mol. The van der Waals surface area contributed by atoms with Crippen molar-refractivity contribution in [3.8, 4) is 5.75 Å². The van der Waals surface area contributed by atoms with Gasteiger partial charge in [-0.3, -0.25) is 14.5 Å². The minimum Gasteiger partial charge on any atom is -0.497 e. The van der Waals surface area contributed by atoms with E-state index in [0.29, 0.717) is 28.1 Å². The largest absolute Gasteiger partial charge is 0.497 e. The van der Waals surface area contributed by atoms with Crippen LogP contribution in [0.3, 0.4) is 0 Å². The van der Waals surface area contributed by atoms with E-state index in [-0.39, 0.29) is 30.2 Å². The number of nitrogens with zero attached hydrogens (tertiary/aromatic N) is 1. The number of hydrogen-bond acceptors (Lipinski definition) is 5. The molecule has 198 valence electrons. The predicted octanol–water partition coefficient (Wildman–Crippen LogP) is 5.06. The Balaban J connectivity index is 1.53. The molecule has 0 saturated carbocycles. The summed E-state index contributed by atoms with van der Waals surface area (Å²) >= 11 is 0. The number of halogens is 1. The van der Waals surface area contributed by atoms with Crippen LogP contribution in [0.15, 0.2) is 72.8 Å². The molecule has 1 saturated heterocycles. The highest BCUT2D eigenvalue weighted by atomic mass is 19.1. The van der Waals surface area contributed by atoms with Crippen LogP contribution in [-0.2, 0) is 16.1 Å². The van der Waals surface area contributed by atoms with Crippen LogP contribution < -0.4 is 15.4 Å². The molecule has 3 aromatic carbocycles. The van der Waals surface area contributed by atoms with Crippen molar-refractivity contribution < 1.29 is 28.2 Å². The quantitative estimate of drug-likeness (QED) is 0.412. The topological polar surface area (TPSA) is 97.0 Å². The Morgan fingerprint density at radius 1 is 1.03 bits per heavy atom. The normalized spacial score (nSPS) is 17.5. The molecule has 4 rings (SSSR count). The number of hydrogen-bond donors (Lipinski definition) is 2. The zero-order valence-electron chi connectivity index (χ0n) is 21.4. The zero-order valence-corrected chi connectivity index (χ0v) is 21.4. The fourth-order valence-electron chi connectivity index (χ4n) is 4.13. The third-order valence-corrected chi connectivity index (χ3v) is 6.47. The Labute approximate surface area is 220 Å². The second kappa shape index (κ2) is 11.8. The molecule has 9 heteroatoms. The summed E-state index contributed by atoms with van der Waals surface area (Å²) in [4.78, 5) is 40.2. The first kappa shape index (κ1) is 26.7. The van der Waals surface area contributed by atoms with Gasteiger partial charge in [-0.1, -0.05) is 31.2 Å². The Morgan fingerprint density at radius 2 is 1.68 bits per heavy atom. The van der Waals surface area contributed by atoms with Crippen molar-refractivity contribution in [3.63, 3.8) is 0 Å². The van der Waals surface area contributed by atoms with Crippen LogP contribution in [0.25, 0.3) is 0 Å². The number of nitrogens with one attached hydrogen (secondary N) is 2. The molecule has 3 atom stereocenters. The molecule has 0 unspecified atom stereocenters. The highest BCUT2D eigenvalue weighted by molar-refractivity contribution is 6.04. The number of cyclic esters (lactones) is 1. The van der Waals surface area contributed by atoms with E-state index in [4.69, 9.17) is 9.47 Å². The van der Waals surface area contributed by atoms with Gasteiger partial charge in [-0.05, 0) is 73.0 Å². The van der Waals surface area contributed by atoms with Gasteiger partial charge in [0.15, 0.2) is 12.1 Å². The molecule has 0 spiro atoms. The molecule has 1 aliphatic heterocycles. The van der Waals surface area contributed by atoms with Crippen LogP contribution in [0, 0.1) is 5.82 Å². The van der Waals surface area contributed by atoms with Crippen molar-refractivity contribution in [1.82, 2.24) is 10.2 Å². The summed E-state index contributed by atoms with van der Waals surface area (Å²) in [7, 11) is 1.55.